The maximum absolute atomic E-state index is 13.9. The molecule has 0 aromatic carbocycles. The molecule has 2 rings (SSSR count). The van der Waals surface area contributed by atoms with Gasteiger partial charge in [-0.2, -0.15) is 4.98 Å². The number of thiophene rings is 1. The summed E-state index contributed by atoms with van der Waals surface area (Å²) in [6, 6.07) is 2.13. The highest BCUT2D eigenvalue weighted by atomic mass is 32.1. The van der Waals surface area contributed by atoms with Crippen LogP contribution in [0.15, 0.2) is 12.3 Å². The summed E-state index contributed by atoms with van der Waals surface area (Å²) < 4.78 is 13.9. The van der Waals surface area contributed by atoms with Crippen LogP contribution in [0.5, 0.6) is 0 Å². The first-order valence-electron chi connectivity index (χ1n) is 7.11. The average molecular weight is 308 g/mol. The topological polar surface area (TPSA) is 49.8 Å². The number of hydrogen-bond donors (Lipinski definition) is 2. The fourth-order valence-corrected chi connectivity index (χ4v) is 3.18. The Morgan fingerprint density at radius 1 is 1.38 bits per heavy atom. The number of nitrogens with zero attached hydrogens (tertiary/aromatic N) is 2. The Labute approximate surface area is 128 Å². The van der Waals surface area contributed by atoms with Crippen LogP contribution in [0.3, 0.4) is 0 Å². The van der Waals surface area contributed by atoms with E-state index in [2.05, 4.69) is 47.4 Å². The molecule has 0 saturated heterocycles. The summed E-state index contributed by atoms with van der Waals surface area (Å²) in [5.41, 5.74) is 1.18. The number of aryl methyl sites for hydroxylation is 2. The molecule has 4 nitrogen and oxygen atoms in total. The standard InChI is InChI=1S/C15H21FN4S/c1-5-6-17-15-18-8-13(16)14(20-15)19-10(3)12-7-9(2)21-11(12)4/h7-8,10H,5-6H2,1-4H3,(H2,17,18,19,20). The summed E-state index contributed by atoms with van der Waals surface area (Å²) in [4.78, 5) is 10.6. The van der Waals surface area contributed by atoms with Gasteiger partial charge in [-0.25, -0.2) is 9.37 Å². The van der Waals surface area contributed by atoms with Crippen LogP contribution in [-0.4, -0.2) is 16.5 Å². The second kappa shape index (κ2) is 6.85. The molecule has 2 aromatic heterocycles. The van der Waals surface area contributed by atoms with Crippen LogP contribution in [0.2, 0.25) is 0 Å². The minimum Gasteiger partial charge on any atom is -0.361 e. The molecule has 0 spiro atoms. The van der Waals surface area contributed by atoms with Crippen LogP contribution in [-0.2, 0) is 0 Å². The number of nitrogens with one attached hydrogen (secondary N) is 2. The molecule has 0 aliphatic carbocycles. The number of anilines is 2. The molecular weight excluding hydrogens is 287 g/mol. The number of halogens is 1. The van der Waals surface area contributed by atoms with Crippen molar-refractivity contribution in [3.63, 3.8) is 0 Å². The minimum absolute atomic E-state index is 0.00150. The molecule has 2 N–H and O–H groups in total. The lowest BCUT2D eigenvalue weighted by molar-refractivity contribution is 0.614. The highest BCUT2D eigenvalue weighted by Crippen LogP contribution is 2.28. The third kappa shape index (κ3) is 3.91. The van der Waals surface area contributed by atoms with Crippen molar-refractivity contribution in [2.45, 2.75) is 40.2 Å². The summed E-state index contributed by atoms with van der Waals surface area (Å²) in [5.74, 6) is 0.249. The van der Waals surface area contributed by atoms with Crippen molar-refractivity contribution >= 4 is 23.1 Å². The lowest BCUT2D eigenvalue weighted by Gasteiger charge is -2.15. The first kappa shape index (κ1) is 15.7. The van der Waals surface area contributed by atoms with Crippen molar-refractivity contribution in [3.8, 4) is 0 Å². The first-order chi connectivity index (χ1) is 10.0. The van der Waals surface area contributed by atoms with Crippen LogP contribution in [0.4, 0.5) is 16.2 Å². The van der Waals surface area contributed by atoms with Crippen molar-refractivity contribution in [2.75, 3.05) is 17.2 Å². The zero-order valence-corrected chi connectivity index (χ0v) is 13.6. The van der Waals surface area contributed by atoms with E-state index in [1.807, 2.05) is 6.92 Å². The molecule has 2 heterocycles. The number of rotatable bonds is 6. The lowest BCUT2D eigenvalue weighted by Crippen LogP contribution is -2.12. The molecule has 1 unspecified atom stereocenters. The third-order valence-electron chi connectivity index (χ3n) is 3.18. The van der Waals surface area contributed by atoms with E-state index in [1.165, 1.54) is 21.5 Å². The maximum atomic E-state index is 13.9. The molecule has 2 aromatic rings. The van der Waals surface area contributed by atoms with Gasteiger partial charge in [0.05, 0.1) is 12.2 Å². The molecule has 0 saturated carbocycles. The van der Waals surface area contributed by atoms with Gasteiger partial charge >= 0.3 is 0 Å². The van der Waals surface area contributed by atoms with Gasteiger partial charge in [0.2, 0.25) is 5.95 Å². The molecule has 0 bridgehead atoms. The second-order valence-corrected chi connectivity index (χ2v) is 6.51. The van der Waals surface area contributed by atoms with Gasteiger partial charge in [-0.15, -0.1) is 11.3 Å². The monoisotopic (exact) mass is 308 g/mol. The predicted molar refractivity (Wildman–Crippen MR) is 86.6 cm³/mol. The molecule has 1 atom stereocenters. The van der Waals surface area contributed by atoms with E-state index in [-0.39, 0.29) is 11.9 Å². The Kier molecular flexibility index (Phi) is 5.12. The van der Waals surface area contributed by atoms with Crippen molar-refractivity contribution in [3.05, 3.63) is 33.4 Å². The molecule has 0 aliphatic rings. The zero-order chi connectivity index (χ0) is 15.4. The SMILES string of the molecule is CCCNc1ncc(F)c(NC(C)c2cc(C)sc2C)n1. The normalized spacial score (nSPS) is 12.2. The minimum atomic E-state index is -0.437. The number of aromatic nitrogens is 2. The van der Waals surface area contributed by atoms with Gasteiger partial charge in [0, 0.05) is 16.3 Å². The van der Waals surface area contributed by atoms with Gasteiger partial charge in [-0.1, -0.05) is 6.92 Å². The van der Waals surface area contributed by atoms with E-state index in [0.717, 1.165) is 13.0 Å². The van der Waals surface area contributed by atoms with Crippen LogP contribution >= 0.6 is 11.3 Å². The molecule has 0 fully saturated rings. The van der Waals surface area contributed by atoms with Gasteiger partial charge in [0.15, 0.2) is 11.6 Å². The summed E-state index contributed by atoms with van der Waals surface area (Å²) in [7, 11) is 0. The molecule has 114 valence electrons. The Morgan fingerprint density at radius 2 is 2.14 bits per heavy atom. The highest BCUT2D eigenvalue weighted by molar-refractivity contribution is 7.12. The maximum Gasteiger partial charge on any atom is 0.224 e. The van der Waals surface area contributed by atoms with Gasteiger partial charge in [0.1, 0.15) is 0 Å². The predicted octanol–water partition coefficient (Wildman–Crippen LogP) is 4.29. The summed E-state index contributed by atoms with van der Waals surface area (Å²) in [5, 5.41) is 6.20. The fraction of sp³-hybridized carbons (Fsp3) is 0.467. The van der Waals surface area contributed by atoms with Crippen molar-refractivity contribution in [2.24, 2.45) is 0 Å². The quantitative estimate of drug-likeness (QED) is 0.836. The first-order valence-corrected chi connectivity index (χ1v) is 7.92. The van der Waals surface area contributed by atoms with Gasteiger partial charge in [-0.3, -0.25) is 0 Å². The van der Waals surface area contributed by atoms with E-state index in [1.54, 1.807) is 11.3 Å². The molecule has 0 amide bonds. The van der Waals surface area contributed by atoms with E-state index >= 15 is 0 Å². The van der Waals surface area contributed by atoms with Crippen LogP contribution in [0.25, 0.3) is 0 Å². The lowest BCUT2D eigenvalue weighted by atomic mass is 10.1. The van der Waals surface area contributed by atoms with E-state index in [9.17, 15) is 4.39 Å². The Hall–Kier alpha value is -1.69. The molecule has 6 heteroatoms. The molecule has 0 aliphatic heterocycles. The van der Waals surface area contributed by atoms with Crippen LogP contribution < -0.4 is 10.6 Å². The van der Waals surface area contributed by atoms with Crippen molar-refractivity contribution < 1.29 is 4.39 Å². The third-order valence-corrected chi connectivity index (χ3v) is 4.16. The van der Waals surface area contributed by atoms with Crippen LogP contribution in [0, 0.1) is 19.7 Å². The zero-order valence-electron chi connectivity index (χ0n) is 12.8. The van der Waals surface area contributed by atoms with E-state index in [0.29, 0.717) is 5.95 Å². The summed E-state index contributed by atoms with van der Waals surface area (Å²) in [6.45, 7) is 8.99. The van der Waals surface area contributed by atoms with E-state index in [4.69, 9.17) is 0 Å². The Bertz CT molecular complexity index is 612. The smallest absolute Gasteiger partial charge is 0.224 e. The van der Waals surface area contributed by atoms with Crippen LogP contribution in [0.1, 0.15) is 41.6 Å². The molecule has 0 radical (unpaired) electrons. The molecular formula is C15H21FN4S. The summed E-state index contributed by atoms with van der Waals surface area (Å²) >= 11 is 1.75. The summed E-state index contributed by atoms with van der Waals surface area (Å²) in [6.07, 6.45) is 2.17. The number of hydrogen-bond acceptors (Lipinski definition) is 5. The van der Waals surface area contributed by atoms with Crippen molar-refractivity contribution in [1.29, 1.82) is 0 Å². The van der Waals surface area contributed by atoms with E-state index < -0.39 is 5.82 Å². The Morgan fingerprint density at radius 3 is 2.76 bits per heavy atom. The van der Waals surface area contributed by atoms with Gasteiger partial charge in [0.25, 0.3) is 0 Å². The molecule has 21 heavy (non-hydrogen) atoms. The average Bonchev–Trinajstić information content (AvgIpc) is 2.78. The van der Waals surface area contributed by atoms with Gasteiger partial charge in [-0.05, 0) is 38.8 Å². The Balaban J connectivity index is 2.16. The van der Waals surface area contributed by atoms with Gasteiger partial charge < -0.3 is 10.6 Å². The highest BCUT2D eigenvalue weighted by Gasteiger charge is 2.14. The fourth-order valence-electron chi connectivity index (χ4n) is 2.15. The largest absolute Gasteiger partial charge is 0.361 e. The second-order valence-electron chi connectivity index (χ2n) is 5.05. The van der Waals surface area contributed by atoms with Crippen molar-refractivity contribution in [1.82, 2.24) is 9.97 Å².